The zero-order chi connectivity index (χ0) is 11.6. The van der Waals surface area contributed by atoms with Crippen molar-refractivity contribution in [3.63, 3.8) is 0 Å². The summed E-state index contributed by atoms with van der Waals surface area (Å²) in [4.78, 5) is 14.5. The number of hydrogen-bond donors (Lipinski definition) is 0. The third kappa shape index (κ3) is 5.70. The molecule has 1 rings (SSSR count). The molecule has 0 N–H and O–H groups in total. The Bertz CT molecular complexity index is 261. The fourth-order valence-electron chi connectivity index (χ4n) is 0.649. The van der Waals surface area contributed by atoms with E-state index in [0.717, 1.165) is 0 Å². The SMILES string of the molecule is CC.CC.CC(=O)c1cccnc1Cl. The lowest BCUT2D eigenvalue weighted by atomic mass is 10.2. The molecule has 0 aliphatic rings. The summed E-state index contributed by atoms with van der Waals surface area (Å²) < 4.78 is 0. The van der Waals surface area contributed by atoms with Gasteiger partial charge in [0.2, 0.25) is 0 Å². The molecule has 0 atom stereocenters. The summed E-state index contributed by atoms with van der Waals surface area (Å²) in [5.74, 6) is -0.0573. The van der Waals surface area contributed by atoms with Gasteiger partial charge in [0.1, 0.15) is 5.15 Å². The van der Waals surface area contributed by atoms with Crippen LogP contribution in [-0.2, 0) is 0 Å². The van der Waals surface area contributed by atoms with Crippen LogP contribution in [0.15, 0.2) is 18.3 Å². The first kappa shape index (κ1) is 15.6. The Labute approximate surface area is 91.3 Å². The molecule has 0 bridgehead atoms. The van der Waals surface area contributed by atoms with E-state index in [0.29, 0.717) is 5.56 Å². The number of ketones is 1. The van der Waals surface area contributed by atoms with Crippen LogP contribution in [0.3, 0.4) is 0 Å². The molecule has 0 aliphatic heterocycles. The van der Waals surface area contributed by atoms with Gasteiger partial charge in [-0.15, -0.1) is 0 Å². The maximum atomic E-state index is 10.7. The molecular formula is C11H18ClNO. The highest BCUT2D eigenvalue weighted by Gasteiger charge is 2.03. The highest BCUT2D eigenvalue weighted by Crippen LogP contribution is 2.10. The smallest absolute Gasteiger partial charge is 0.162 e. The van der Waals surface area contributed by atoms with Gasteiger partial charge in [-0.2, -0.15) is 0 Å². The number of pyridine rings is 1. The molecule has 0 aliphatic carbocycles. The molecule has 1 heterocycles. The van der Waals surface area contributed by atoms with E-state index in [1.165, 1.54) is 6.92 Å². The Morgan fingerprint density at radius 3 is 2.07 bits per heavy atom. The van der Waals surface area contributed by atoms with E-state index in [-0.39, 0.29) is 10.9 Å². The summed E-state index contributed by atoms with van der Waals surface area (Å²) in [6, 6.07) is 3.33. The molecule has 0 saturated heterocycles. The lowest BCUT2D eigenvalue weighted by molar-refractivity contribution is 0.101. The van der Waals surface area contributed by atoms with E-state index in [1.54, 1.807) is 18.3 Å². The monoisotopic (exact) mass is 215 g/mol. The number of hydrogen-bond acceptors (Lipinski definition) is 2. The fraction of sp³-hybridized carbons (Fsp3) is 0.455. The van der Waals surface area contributed by atoms with Crippen molar-refractivity contribution in [2.24, 2.45) is 0 Å². The lowest BCUT2D eigenvalue weighted by Gasteiger charge is -1.94. The lowest BCUT2D eigenvalue weighted by Crippen LogP contribution is -1.93. The summed E-state index contributed by atoms with van der Waals surface area (Å²) in [7, 11) is 0. The first-order chi connectivity index (χ1) is 6.72. The van der Waals surface area contributed by atoms with Gasteiger partial charge in [0.15, 0.2) is 5.78 Å². The van der Waals surface area contributed by atoms with Crippen molar-refractivity contribution in [3.05, 3.63) is 29.0 Å². The predicted molar refractivity (Wildman–Crippen MR) is 61.9 cm³/mol. The van der Waals surface area contributed by atoms with Gasteiger partial charge in [0.25, 0.3) is 0 Å². The highest BCUT2D eigenvalue weighted by atomic mass is 35.5. The second-order valence-corrected chi connectivity index (χ2v) is 2.26. The van der Waals surface area contributed by atoms with E-state index in [1.807, 2.05) is 27.7 Å². The molecule has 1 aromatic rings. The van der Waals surface area contributed by atoms with Crippen LogP contribution in [0, 0.1) is 0 Å². The van der Waals surface area contributed by atoms with Gasteiger partial charge in [-0.25, -0.2) is 4.98 Å². The minimum Gasteiger partial charge on any atom is -0.294 e. The van der Waals surface area contributed by atoms with Crippen LogP contribution in [0.5, 0.6) is 0 Å². The second kappa shape index (κ2) is 10.2. The third-order valence-corrected chi connectivity index (χ3v) is 1.44. The van der Waals surface area contributed by atoms with Crippen LogP contribution in [0.25, 0.3) is 0 Å². The Morgan fingerprint density at radius 2 is 1.79 bits per heavy atom. The van der Waals surface area contributed by atoms with Gasteiger partial charge >= 0.3 is 0 Å². The predicted octanol–water partition coefficient (Wildman–Crippen LogP) is 3.99. The van der Waals surface area contributed by atoms with Crippen LogP contribution in [0.2, 0.25) is 5.15 Å². The zero-order valence-electron chi connectivity index (χ0n) is 9.47. The number of carbonyl (C=O) groups excluding carboxylic acids is 1. The summed E-state index contributed by atoms with van der Waals surface area (Å²) in [6.45, 7) is 9.46. The van der Waals surface area contributed by atoms with Crippen molar-refractivity contribution in [2.75, 3.05) is 0 Å². The molecule has 0 aromatic carbocycles. The fourth-order valence-corrected chi connectivity index (χ4v) is 0.901. The number of rotatable bonds is 1. The Morgan fingerprint density at radius 1 is 1.29 bits per heavy atom. The topological polar surface area (TPSA) is 30.0 Å². The van der Waals surface area contributed by atoms with E-state index < -0.39 is 0 Å². The molecule has 3 heteroatoms. The summed E-state index contributed by atoms with van der Waals surface area (Å²) in [5, 5.41) is 0.273. The molecule has 14 heavy (non-hydrogen) atoms. The van der Waals surface area contributed by atoms with Crippen LogP contribution in [0.1, 0.15) is 45.0 Å². The molecule has 0 spiro atoms. The van der Waals surface area contributed by atoms with Crippen LogP contribution < -0.4 is 0 Å². The number of carbonyl (C=O) groups is 1. The molecule has 0 fully saturated rings. The Kier molecular flexibility index (Phi) is 11.3. The van der Waals surface area contributed by atoms with E-state index in [9.17, 15) is 4.79 Å². The third-order valence-electron chi connectivity index (χ3n) is 1.14. The van der Waals surface area contributed by atoms with Gasteiger partial charge in [-0.1, -0.05) is 39.3 Å². The Hall–Kier alpha value is -0.890. The number of Topliss-reactive ketones (excluding diaryl/α,β-unsaturated/α-hetero) is 1. The largest absolute Gasteiger partial charge is 0.294 e. The molecule has 2 nitrogen and oxygen atoms in total. The quantitative estimate of drug-likeness (QED) is 0.524. The highest BCUT2D eigenvalue weighted by molar-refractivity contribution is 6.32. The van der Waals surface area contributed by atoms with Gasteiger partial charge in [-0.05, 0) is 19.1 Å². The number of halogens is 1. The average Bonchev–Trinajstić information content (AvgIpc) is 2.24. The molecule has 0 radical (unpaired) electrons. The minimum atomic E-state index is -0.0573. The van der Waals surface area contributed by atoms with E-state index >= 15 is 0 Å². The molecular weight excluding hydrogens is 198 g/mol. The normalized spacial score (nSPS) is 7.57. The maximum absolute atomic E-state index is 10.7. The maximum Gasteiger partial charge on any atom is 0.162 e. The Balaban J connectivity index is 0. The van der Waals surface area contributed by atoms with Crippen LogP contribution in [0.4, 0.5) is 0 Å². The minimum absolute atomic E-state index is 0.0573. The van der Waals surface area contributed by atoms with Gasteiger partial charge in [0, 0.05) is 6.20 Å². The average molecular weight is 216 g/mol. The molecule has 0 saturated carbocycles. The summed E-state index contributed by atoms with van der Waals surface area (Å²) in [6.07, 6.45) is 1.55. The molecule has 80 valence electrons. The van der Waals surface area contributed by atoms with Crippen LogP contribution >= 0.6 is 11.6 Å². The van der Waals surface area contributed by atoms with E-state index in [4.69, 9.17) is 11.6 Å². The van der Waals surface area contributed by atoms with E-state index in [2.05, 4.69) is 4.98 Å². The first-order valence-electron chi connectivity index (χ1n) is 4.83. The standard InChI is InChI=1S/C7H6ClNO.2C2H6/c1-5(10)6-3-2-4-9-7(6)8;2*1-2/h2-4H,1H3;2*1-2H3. The van der Waals surface area contributed by atoms with Crippen molar-refractivity contribution in [1.29, 1.82) is 0 Å². The van der Waals surface area contributed by atoms with Gasteiger partial charge in [0.05, 0.1) is 5.56 Å². The van der Waals surface area contributed by atoms with Gasteiger partial charge in [-0.3, -0.25) is 4.79 Å². The molecule has 0 amide bonds. The number of aromatic nitrogens is 1. The van der Waals surface area contributed by atoms with Crippen LogP contribution in [-0.4, -0.2) is 10.8 Å². The molecule has 0 unspecified atom stereocenters. The van der Waals surface area contributed by atoms with Crippen molar-refractivity contribution in [1.82, 2.24) is 4.98 Å². The molecule has 1 aromatic heterocycles. The summed E-state index contributed by atoms with van der Waals surface area (Å²) in [5.41, 5.74) is 0.476. The van der Waals surface area contributed by atoms with Gasteiger partial charge < -0.3 is 0 Å². The summed E-state index contributed by atoms with van der Waals surface area (Å²) >= 11 is 5.59. The zero-order valence-corrected chi connectivity index (χ0v) is 10.2. The first-order valence-corrected chi connectivity index (χ1v) is 5.21. The second-order valence-electron chi connectivity index (χ2n) is 1.90. The number of nitrogens with zero attached hydrogens (tertiary/aromatic N) is 1. The van der Waals surface area contributed by atoms with Crippen molar-refractivity contribution in [2.45, 2.75) is 34.6 Å². The van der Waals surface area contributed by atoms with Crippen molar-refractivity contribution in [3.8, 4) is 0 Å². The van der Waals surface area contributed by atoms with Crippen molar-refractivity contribution >= 4 is 17.4 Å². The van der Waals surface area contributed by atoms with Crippen molar-refractivity contribution < 1.29 is 4.79 Å².